The lowest BCUT2D eigenvalue weighted by Gasteiger charge is -2.43. The third-order valence-electron chi connectivity index (χ3n) is 6.49. The van der Waals surface area contributed by atoms with Crippen molar-refractivity contribution in [1.29, 1.82) is 0 Å². The lowest BCUT2D eigenvalue weighted by molar-refractivity contribution is -0.139. The molecule has 0 aromatic carbocycles. The average molecular weight is 336 g/mol. The largest absolute Gasteiger partial charge is 0.341 e. The molecule has 138 valence electrons. The van der Waals surface area contributed by atoms with E-state index in [0.717, 1.165) is 32.2 Å². The summed E-state index contributed by atoms with van der Waals surface area (Å²) in [5.41, 5.74) is 0. The van der Waals surface area contributed by atoms with Crippen molar-refractivity contribution in [2.45, 2.75) is 71.4 Å². The van der Waals surface area contributed by atoms with Gasteiger partial charge in [0.25, 0.3) is 0 Å². The van der Waals surface area contributed by atoms with Crippen LogP contribution >= 0.6 is 0 Å². The minimum Gasteiger partial charge on any atom is -0.341 e. The van der Waals surface area contributed by atoms with Crippen molar-refractivity contribution in [3.8, 4) is 0 Å². The molecule has 0 aromatic heterocycles. The number of nitrogens with zero attached hydrogens (tertiary/aromatic N) is 3. The van der Waals surface area contributed by atoms with E-state index in [0.29, 0.717) is 17.7 Å². The molecule has 0 unspecified atom stereocenters. The maximum absolute atomic E-state index is 12.9. The van der Waals surface area contributed by atoms with Gasteiger partial charge in [-0.05, 0) is 64.0 Å². The second-order valence-corrected chi connectivity index (χ2v) is 8.73. The third kappa shape index (κ3) is 4.32. The highest BCUT2D eigenvalue weighted by Crippen LogP contribution is 2.25. The van der Waals surface area contributed by atoms with Crippen LogP contribution in [0.2, 0.25) is 0 Å². The monoisotopic (exact) mass is 335 g/mol. The van der Waals surface area contributed by atoms with E-state index in [1.165, 1.54) is 51.6 Å². The fourth-order valence-electron chi connectivity index (χ4n) is 5.19. The summed E-state index contributed by atoms with van der Waals surface area (Å²) in [6.45, 7) is 13.4. The Morgan fingerprint density at radius 1 is 0.917 bits per heavy atom. The molecule has 0 spiro atoms. The van der Waals surface area contributed by atoms with Gasteiger partial charge in [-0.1, -0.05) is 20.3 Å². The minimum absolute atomic E-state index is 0.0600. The Balaban J connectivity index is 1.49. The van der Waals surface area contributed by atoms with Crippen LogP contribution in [0.4, 0.5) is 0 Å². The predicted molar refractivity (Wildman–Crippen MR) is 99.0 cm³/mol. The summed E-state index contributed by atoms with van der Waals surface area (Å²) in [6.07, 6.45) is 7.91. The summed E-state index contributed by atoms with van der Waals surface area (Å²) in [4.78, 5) is 20.2. The molecule has 3 rings (SSSR count). The van der Waals surface area contributed by atoms with Crippen LogP contribution in [0.1, 0.15) is 59.3 Å². The second kappa shape index (κ2) is 8.18. The molecule has 4 nitrogen and oxygen atoms in total. The van der Waals surface area contributed by atoms with E-state index >= 15 is 0 Å². The summed E-state index contributed by atoms with van der Waals surface area (Å²) in [5, 5.41) is 0. The zero-order valence-electron chi connectivity index (χ0n) is 16.0. The van der Waals surface area contributed by atoms with Crippen molar-refractivity contribution >= 4 is 5.91 Å². The molecular weight excluding hydrogens is 298 g/mol. The summed E-state index contributed by atoms with van der Waals surface area (Å²) >= 11 is 0. The van der Waals surface area contributed by atoms with Crippen molar-refractivity contribution in [2.75, 3.05) is 39.3 Å². The molecule has 3 atom stereocenters. The molecular formula is C20H37N3O. The van der Waals surface area contributed by atoms with Crippen LogP contribution in [0, 0.1) is 11.8 Å². The summed E-state index contributed by atoms with van der Waals surface area (Å²) in [6, 6.07) is 0.823. The molecule has 3 saturated heterocycles. The zero-order chi connectivity index (χ0) is 17.1. The Bertz CT molecular complexity index is 403. The first-order chi connectivity index (χ1) is 11.5. The highest BCUT2D eigenvalue weighted by molar-refractivity contribution is 5.81. The number of hydrogen-bond acceptors (Lipinski definition) is 3. The average Bonchev–Trinajstić information content (AvgIpc) is 2.60. The fourth-order valence-corrected chi connectivity index (χ4v) is 5.19. The maximum atomic E-state index is 12.9. The molecule has 0 aromatic rings. The van der Waals surface area contributed by atoms with Crippen LogP contribution in [0.25, 0.3) is 0 Å². The molecule has 0 N–H and O–H groups in total. The first-order valence-electron chi connectivity index (χ1n) is 10.3. The quantitative estimate of drug-likeness (QED) is 0.793. The molecule has 3 heterocycles. The van der Waals surface area contributed by atoms with Gasteiger partial charge >= 0.3 is 0 Å². The van der Waals surface area contributed by atoms with Crippen molar-refractivity contribution < 1.29 is 4.79 Å². The van der Waals surface area contributed by atoms with E-state index in [-0.39, 0.29) is 6.04 Å². The van der Waals surface area contributed by atoms with Crippen molar-refractivity contribution in [3.05, 3.63) is 0 Å². The van der Waals surface area contributed by atoms with Crippen LogP contribution in [0.3, 0.4) is 0 Å². The number of amides is 1. The number of likely N-dealkylation sites (tertiary alicyclic amines) is 3. The van der Waals surface area contributed by atoms with Gasteiger partial charge in [0.05, 0.1) is 6.04 Å². The number of carbonyl (C=O) groups excluding carboxylic acids is 1. The maximum Gasteiger partial charge on any atom is 0.239 e. The van der Waals surface area contributed by atoms with Gasteiger partial charge in [0.1, 0.15) is 0 Å². The molecule has 0 radical (unpaired) electrons. The highest BCUT2D eigenvalue weighted by Gasteiger charge is 2.33. The zero-order valence-corrected chi connectivity index (χ0v) is 16.0. The predicted octanol–water partition coefficient (Wildman–Crippen LogP) is 2.83. The Hall–Kier alpha value is -0.610. The van der Waals surface area contributed by atoms with Gasteiger partial charge in [-0.3, -0.25) is 9.69 Å². The topological polar surface area (TPSA) is 26.8 Å². The van der Waals surface area contributed by atoms with Crippen molar-refractivity contribution in [3.63, 3.8) is 0 Å². The highest BCUT2D eigenvalue weighted by atomic mass is 16.2. The van der Waals surface area contributed by atoms with Gasteiger partial charge in [-0.2, -0.15) is 0 Å². The van der Waals surface area contributed by atoms with Crippen molar-refractivity contribution in [2.24, 2.45) is 11.8 Å². The number of piperidine rings is 3. The molecule has 3 fully saturated rings. The SMILES string of the molecule is C[C@@H]1C[C@@H](C)CN(C(=O)[C@H](C)N2CCC(N3CCCCC3)CC2)C1. The van der Waals surface area contributed by atoms with Gasteiger partial charge in [-0.25, -0.2) is 0 Å². The van der Waals surface area contributed by atoms with E-state index in [1.54, 1.807) is 0 Å². The van der Waals surface area contributed by atoms with E-state index in [4.69, 9.17) is 0 Å². The molecule has 24 heavy (non-hydrogen) atoms. The van der Waals surface area contributed by atoms with Crippen LogP contribution in [0.15, 0.2) is 0 Å². The van der Waals surface area contributed by atoms with Crippen LogP contribution in [0.5, 0.6) is 0 Å². The van der Waals surface area contributed by atoms with Gasteiger partial charge in [0, 0.05) is 32.2 Å². The molecule has 0 saturated carbocycles. The molecule has 3 aliphatic heterocycles. The Morgan fingerprint density at radius 2 is 1.50 bits per heavy atom. The number of rotatable bonds is 3. The molecule has 4 heteroatoms. The number of hydrogen-bond donors (Lipinski definition) is 0. The standard InChI is InChI=1S/C20H37N3O/c1-16-13-17(2)15-23(14-16)20(24)18(3)21-11-7-19(8-12-21)22-9-5-4-6-10-22/h16-19H,4-15H2,1-3H3/t16-,17-,18+/m1/s1. The van der Waals surface area contributed by atoms with E-state index in [1.807, 2.05) is 0 Å². The van der Waals surface area contributed by atoms with Gasteiger partial charge in [-0.15, -0.1) is 0 Å². The van der Waals surface area contributed by atoms with Crippen LogP contribution < -0.4 is 0 Å². The smallest absolute Gasteiger partial charge is 0.239 e. The van der Waals surface area contributed by atoms with Crippen molar-refractivity contribution in [1.82, 2.24) is 14.7 Å². The molecule has 0 aliphatic carbocycles. The normalized spacial score (nSPS) is 32.7. The first-order valence-corrected chi connectivity index (χ1v) is 10.3. The molecule has 0 bridgehead atoms. The third-order valence-corrected chi connectivity index (χ3v) is 6.49. The van der Waals surface area contributed by atoms with E-state index in [9.17, 15) is 4.79 Å². The first kappa shape index (κ1) is 18.2. The van der Waals surface area contributed by atoms with Gasteiger partial charge in [0.2, 0.25) is 5.91 Å². The summed E-state index contributed by atoms with van der Waals surface area (Å²) < 4.78 is 0. The van der Waals surface area contributed by atoms with Gasteiger partial charge in [0.15, 0.2) is 0 Å². The Morgan fingerprint density at radius 3 is 2.08 bits per heavy atom. The number of carbonyl (C=O) groups is 1. The Labute approximate surface area is 148 Å². The lowest BCUT2D eigenvalue weighted by atomic mass is 9.91. The Kier molecular flexibility index (Phi) is 6.20. The lowest BCUT2D eigenvalue weighted by Crippen LogP contribution is -2.54. The van der Waals surface area contributed by atoms with E-state index < -0.39 is 0 Å². The molecule has 3 aliphatic rings. The molecule has 1 amide bonds. The minimum atomic E-state index is 0.0600. The van der Waals surface area contributed by atoms with Crippen LogP contribution in [-0.2, 0) is 4.79 Å². The van der Waals surface area contributed by atoms with E-state index in [2.05, 4.69) is 35.5 Å². The summed E-state index contributed by atoms with van der Waals surface area (Å²) in [7, 11) is 0. The van der Waals surface area contributed by atoms with Gasteiger partial charge < -0.3 is 9.80 Å². The second-order valence-electron chi connectivity index (χ2n) is 8.73. The fraction of sp³-hybridized carbons (Fsp3) is 0.950. The summed E-state index contributed by atoms with van der Waals surface area (Å²) in [5.74, 6) is 1.66. The van der Waals surface area contributed by atoms with Crippen LogP contribution in [-0.4, -0.2) is 72.0 Å².